The number of carbonyl (C=O) groups excluding carboxylic acids is 1. The summed E-state index contributed by atoms with van der Waals surface area (Å²) in [5, 5.41) is 6.29. The molecule has 2 aromatic rings. The van der Waals surface area contributed by atoms with Crippen molar-refractivity contribution in [3.05, 3.63) is 54.1 Å². The van der Waals surface area contributed by atoms with Crippen LogP contribution in [-0.4, -0.2) is 19.0 Å². The predicted octanol–water partition coefficient (Wildman–Crippen LogP) is 4.36. The Balaban J connectivity index is 0.00000208. The molecule has 0 bridgehead atoms. The number of hydrogen-bond acceptors (Lipinski definition) is 3. The lowest BCUT2D eigenvalue weighted by Crippen LogP contribution is -2.48. The number of rotatable bonds is 5. The van der Waals surface area contributed by atoms with Crippen LogP contribution in [0.25, 0.3) is 0 Å². The molecule has 1 atom stereocenters. The van der Waals surface area contributed by atoms with Crippen LogP contribution in [0.4, 0.5) is 5.69 Å². The lowest BCUT2D eigenvalue weighted by molar-refractivity contribution is -0.121. The van der Waals surface area contributed by atoms with Crippen LogP contribution in [0.1, 0.15) is 12.5 Å². The number of hydrogen-bond donors (Lipinski definition) is 2. The van der Waals surface area contributed by atoms with E-state index >= 15 is 0 Å². The summed E-state index contributed by atoms with van der Waals surface area (Å²) in [5.74, 6) is 0.625. The van der Waals surface area contributed by atoms with Crippen molar-refractivity contribution in [2.24, 2.45) is 11.8 Å². The Morgan fingerprint density at radius 1 is 1.17 bits per heavy atom. The number of nitrogens with one attached hydrogen (secondary N) is 2. The molecule has 1 heterocycles. The van der Waals surface area contributed by atoms with E-state index in [-0.39, 0.29) is 24.2 Å². The molecule has 1 aliphatic heterocycles. The Morgan fingerprint density at radius 2 is 1.88 bits per heavy atom. The summed E-state index contributed by atoms with van der Waals surface area (Å²) in [6, 6.07) is 16.5. The first-order valence-corrected chi connectivity index (χ1v) is 8.80. The Morgan fingerprint density at radius 3 is 2.46 bits per heavy atom. The van der Waals surface area contributed by atoms with Gasteiger partial charge >= 0.3 is 0 Å². The molecule has 5 heteroatoms. The Hall–Kier alpha value is -1.49. The van der Waals surface area contributed by atoms with Crippen molar-refractivity contribution in [1.82, 2.24) is 5.32 Å². The maximum absolute atomic E-state index is 12.3. The molecule has 3 nitrogen and oxygen atoms in total. The largest absolute Gasteiger partial charge is 0.326 e. The van der Waals surface area contributed by atoms with Gasteiger partial charge in [-0.25, -0.2) is 0 Å². The van der Waals surface area contributed by atoms with Gasteiger partial charge in [-0.05, 0) is 61.8 Å². The molecule has 0 saturated carbocycles. The summed E-state index contributed by atoms with van der Waals surface area (Å²) in [5.41, 5.74) is 2.00. The van der Waals surface area contributed by atoms with E-state index in [1.54, 1.807) is 11.8 Å². The first-order valence-electron chi connectivity index (χ1n) is 7.98. The third-order valence-electron chi connectivity index (χ3n) is 4.37. The first-order chi connectivity index (χ1) is 11.1. The van der Waals surface area contributed by atoms with E-state index in [9.17, 15) is 4.79 Å². The number of benzene rings is 2. The zero-order valence-corrected chi connectivity index (χ0v) is 15.5. The second-order valence-electron chi connectivity index (χ2n) is 6.09. The van der Waals surface area contributed by atoms with E-state index < -0.39 is 0 Å². The van der Waals surface area contributed by atoms with Crippen molar-refractivity contribution in [1.29, 1.82) is 0 Å². The van der Waals surface area contributed by atoms with Crippen molar-refractivity contribution in [2.45, 2.75) is 23.6 Å². The lowest BCUT2D eigenvalue weighted by atomic mass is 9.88. The molecule has 3 rings (SSSR count). The molecule has 1 fully saturated rings. The molecule has 24 heavy (non-hydrogen) atoms. The highest BCUT2D eigenvalue weighted by Crippen LogP contribution is 2.30. The summed E-state index contributed by atoms with van der Waals surface area (Å²) in [7, 11) is 0. The highest BCUT2D eigenvalue weighted by Gasteiger charge is 2.28. The van der Waals surface area contributed by atoms with E-state index in [1.807, 2.05) is 38.1 Å². The van der Waals surface area contributed by atoms with Crippen molar-refractivity contribution >= 4 is 35.8 Å². The second-order valence-corrected chi connectivity index (χ2v) is 7.24. The number of amides is 1. The van der Waals surface area contributed by atoms with Crippen molar-refractivity contribution in [2.75, 3.05) is 18.4 Å². The van der Waals surface area contributed by atoms with Gasteiger partial charge in [0.25, 0.3) is 0 Å². The first kappa shape index (κ1) is 18.8. The Kier molecular flexibility index (Phi) is 6.72. The van der Waals surface area contributed by atoms with Gasteiger partial charge in [0, 0.05) is 21.4 Å². The molecule has 0 aromatic heterocycles. The van der Waals surface area contributed by atoms with E-state index in [0.717, 1.165) is 24.3 Å². The minimum Gasteiger partial charge on any atom is -0.326 e. The molecular weight excluding hydrogens is 340 g/mol. The van der Waals surface area contributed by atoms with Gasteiger partial charge in [0.05, 0.1) is 0 Å². The number of aryl methyl sites for hydroxylation is 1. The Labute approximate surface area is 154 Å². The van der Waals surface area contributed by atoms with Gasteiger partial charge in [-0.15, -0.1) is 12.4 Å². The number of anilines is 1. The molecule has 0 spiro atoms. The average molecular weight is 363 g/mol. The van der Waals surface area contributed by atoms with E-state index in [0.29, 0.717) is 5.92 Å². The molecule has 0 radical (unpaired) electrons. The second kappa shape index (κ2) is 8.56. The minimum atomic E-state index is 0. The van der Waals surface area contributed by atoms with Crippen LogP contribution in [0.15, 0.2) is 58.3 Å². The summed E-state index contributed by atoms with van der Waals surface area (Å²) in [6.07, 6.45) is 0. The zero-order chi connectivity index (χ0) is 16.2. The fourth-order valence-corrected chi connectivity index (χ4v) is 3.53. The maximum Gasteiger partial charge on any atom is 0.227 e. The fraction of sp³-hybridized carbons (Fsp3) is 0.316. The molecule has 1 unspecified atom stereocenters. The minimum absolute atomic E-state index is 0. The highest BCUT2D eigenvalue weighted by atomic mass is 35.5. The molecule has 128 valence electrons. The molecular formula is C19H23ClN2OS. The smallest absolute Gasteiger partial charge is 0.227 e. The molecule has 1 amide bonds. The van der Waals surface area contributed by atoms with Crippen molar-refractivity contribution in [3.63, 3.8) is 0 Å². The van der Waals surface area contributed by atoms with Crippen LogP contribution in [0, 0.1) is 18.8 Å². The van der Waals surface area contributed by atoms with Crippen LogP contribution in [0.2, 0.25) is 0 Å². The van der Waals surface area contributed by atoms with Gasteiger partial charge in [0.1, 0.15) is 0 Å². The third-order valence-corrected chi connectivity index (χ3v) is 5.37. The van der Waals surface area contributed by atoms with E-state index in [2.05, 4.69) is 34.9 Å². The summed E-state index contributed by atoms with van der Waals surface area (Å²) in [6.45, 7) is 5.94. The SMILES string of the molecule is Cc1cc(Sc2ccccc2)ccc1NC(=O)C(C)C1CNC1.Cl. The van der Waals surface area contributed by atoms with Gasteiger partial charge in [0.15, 0.2) is 0 Å². The van der Waals surface area contributed by atoms with Crippen molar-refractivity contribution < 1.29 is 4.79 Å². The molecule has 2 aromatic carbocycles. The monoisotopic (exact) mass is 362 g/mol. The van der Waals surface area contributed by atoms with Gasteiger partial charge < -0.3 is 10.6 Å². The van der Waals surface area contributed by atoms with Crippen LogP contribution in [-0.2, 0) is 4.79 Å². The maximum atomic E-state index is 12.3. The highest BCUT2D eigenvalue weighted by molar-refractivity contribution is 7.99. The third kappa shape index (κ3) is 4.53. The van der Waals surface area contributed by atoms with E-state index in [1.165, 1.54) is 9.79 Å². The summed E-state index contributed by atoms with van der Waals surface area (Å²) >= 11 is 1.73. The molecule has 1 saturated heterocycles. The van der Waals surface area contributed by atoms with Gasteiger partial charge in [-0.1, -0.05) is 36.9 Å². The molecule has 2 N–H and O–H groups in total. The number of carbonyl (C=O) groups is 1. The standard InChI is InChI=1S/C19H22N2OS.ClH/c1-13-10-17(23-16-6-4-3-5-7-16)8-9-18(13)21-19(22)14(2)15-11-20-12-15;/h3-10,14-15,20H,11-12H2,1-2H3,(H,21,22);1H. The molecule has 1 aliphatic rings. The lowest BCUT2D eigenvalue weighted by Gasteiger charge is -2.31. The summed E-state index contributed by atoms with van der Waals surface area (Å²) < 4.78 is 0. The van der Waals surface area contributed by atoms with Gasteiger partial charge in [0.2, 0.25) is 5.91 Å². The van der Waals surface area contributed by atoms with Crippen LogP contribution in [0.3, 0.4) is 0 Å². The average Bonchev–Trinajstić information content (AvgIpc) is 2.49. The Bertz CT molecular complexity index is 689. The molecule has 0 aliphatic carbocycles. The quantitative estimate of drug-likeness (QED) is 0.830. The topological polar surface area (TPSA) is 41.1 Å². The van der Waals surface area contributed by atoms with E-state index in [4.69, 9.17) is 0 Å². The van der Waals surface area contributed by atoms with Gasteiger partial charge in [-0.2, -0.15) is 0 Å². The number of halogens is 1. The van der Waals surface area contributed by atoms with Crippen LogP contribution >= 0.6 is 24.2 Å². The normalized spacial score (nSPS) is 15.1. The van der Waals surface area contributed by atoms with Crippen LogP contribution in [0.5, 0.6) is 0 Å². The van der Waals surface area contributed by atoms with Crippen molar-refractivity contribution in [3.8, 4) is 0 Å². The fourth-order valence-electron chi connectivity index (χ4n) is 2.59. The predicted molar refractivity (Wildman–Crippen MR) is 103 cm³/mol. The van der Waals surface area contributed by atoms with Crippen LogP contribution < -0.4 is 10.6 Å². The zero-order valence-electron chi connectivity index (χ0n) is 13.9. The summed E-state index contributed by atoms with van der Waals surface area (Å²) in [4.78, 5) is 14.7. The van der Waals surface area contributed by atoms with Gasteiger partial charge in [-0.3, -0.25) is 4.79 Å².